The summed E-state index contributed by atoms with van der Waals surface area (Å²) < 4.78 is 5.46. The maximum absolute atomic E-state index is 5.46. The average Bonchev–Trinajstić information content (AvgIpc) is 2.29. The second-order valence-electron chi connectivity index (χ2n) is 4.69. The molecule has 1 atom stereocenters. The molecule has 0 heterocycles. The van der Waals surface area contributed by atoms with E-state index in [0.717, 1.165) is 5.75 Å². The Morgan fingerprint density at radius 3 is 2.69 bits per heavy atom. The Labute approximate surface area is 98.1 Å². The van der Waals surface area contributed by atoms with Crippen LogP contribution in [-0.4, -0.2) is 7.11 Å². The van der Waals surface area contributed by atoms with Crippen LogP contribution in [0.25, 0.3) is 5.57 Å². The lowest BCUT2D eigenvalue weighted by Gasteiger charge is -2.26. The molecule has 1 aliphatic carbocycles. The van der Waals surface area contributed by atoms with E-state index in [9.17, 15) is 0 Å². The molecule has 0 spiro atoms. The minimum atomic E-state index is 0.657. The normalized spacial score (nSPS) is 21.1. The predicted octanol–water partition coefficient (Wildman–Crippen LogP) is 4.29. The summed E-state index contributed by atoms with van der Waals surface area (Å²) in [5, 5.41) is 0. The molecule has 2 rings (SSSR count). The third-order valence-electron chi connectivity index (χ3n) is 3.54. The lowest BCUT2D eigenvalue weighted by Crippen LogP contribution is -2.08. The number of hydrogen-bond donors (Lipinski definition) is 0. The van der Waals surface area contributed by atoms with Crippen molar-refractivity contribution < 1.29 is 4.74 Å². The zero-order valence-electron chi connectivity index (χ0n) is 10.4. The summed E-state index contributed by atoms with van der Waals surface area (Å²) in [6.07, 6.45) is 3.86. The van der Waals surface area contributed by atoms with Crippen LogP contribution in [0.4, 0.5) is 0 Å². The van der Waals surface area contributed by atoms with Gasteiger partial charge >= 0.3 is 0 Å². The number of benzene rings is 1. The van der Waals surface area contributed by atoms with Gasteiger partial charge in [-0.2, -0.15) is 0 Å². The summed E-state index contributed by atoms with van der Waals surface area (Å²) in [5.74, 6) is 1.66. The van der Waals surface area contributed by atoms with Gasteiger partial charge in [-0.15, -0.1) is 0 Å². The fourth-order valence-corrected chi connectivity index (χ4v) is 2.74. The van der Waals surface area contributed by atoms with Crippen molar-refractivity contribution >= 4 is 5.57 Å². The van der Waals surface area contributed by atoms with Gasteiger partial charge in [-0.1, -0.05) is 30.7 Å². The molecule has 1 aromatic rings. The van der Waals surface area contributed by atoms with Crippen LogP contribution in [0.2, 0.25) is 0 Å². The second-order valence-corrected chi connectivity index (χ2v) is 4.69. The van der Waals surface area contributed by atoms with Crippen LogP contribution >= 0.6 is 0 Å². The third-order valence-corrected chi connectivity index (χ3v) is 3.54. The Balaban J connectivity index is 2.49. The van der Waals surface area contributed by atoms with Crippen molar-refractivity contribution in [2.24, 2.45) is 5.92 Å². The predicted molar refractivity (Wildman–Crippen MR) is 68.6 cm³/mol. The molecular formula is C15H20O. The fourth-order valence-electron chi connectivity index (χ4n) is 2.74. The maximum Gasteiger partial charge on any atom is 0.126 e. The molecule has 0 saturated heterocycles. The first-order valence-corrected chi connectivity index (χ1v) is 6.07. The molecule has 0 fully saturated rings. The van der Waals surface area contributed by atoms with Gasteiger partial charge in [0.1, 0.15) is 5.75 Å². The Bertz CT molecular complexity index is 404. The average molecular weight is 216 g/mol. The molecule has 0 aromatic heterocycles. The summed E-state index contributed by atoms with van der Waals surface area (Å²) in [5.41, 5.74) is 4.32. The van der Waals surface area contributed by atoms with Gasteiger partial charge in [0.15, 0.2) is 0 Å². The Kier molecular flexibility index (Phi) is 3.33. The van der Waals surface area contributed by atoms with Crippen molar-refractivity contribution in [1.82, 2.24) is 0 Å². The molecule has 0 N–H and O–H groups in total. The number of hydrogen-bond acceptors (Lipinski definition) is 1. The van der Waals surface area contributed by atoms with Gasteiger partial charge in [-0.25, -0.2) is 0 Å². The first-order chi connectivity index (χ1) is 7.74. The van der Waals surface area contributed by atoms with Gasteiger partial charge in [-0.3, -0.25) is 0 Å². The number of para-hydroxylation sites is 1. The van der Waals surface area contributed by atoms with Gasteiger partial charge in [0.05, 0.1) is 7.11 Å². The first-order valence-electron chi connectivity index (χ1n) is 6.07. The van der Waals surface area contributed by atoms with Crippen molar-refractivity contribution in [1.29, 1.82) is 0 Å². The zero-order valence-corrected chi connectivity index (χ0v) is 10.4. The smallest absolute Gasteiger partial charge is 0.126 e. The van der Waals surface area contributed by atoms with Gasteiger partial charge in [0.25, 0.3) is 0 Å². The van der Waals surface area contributed by atoms with E-state index in [2.05, 4.69) is 32.0 Å². The monoisotopic (exact) mass is 216 g/mol. The topological polar surface area (TPSA) is 9.23 Å². The number of allylic oxidation sites excluding steroid dienone is 2. The van der Waals surface area contributed by atoms with Crippen LogP contribution in [0.15, 0.2) is 29.8 Å². The van der Waals surface area contributed by atoms with Crippen molar-refractivity contribution in [2.75, 3.05) is 7.11 Å². The highest BCUT2D eigenvalue weighted by atomic mass is 16.5. The molecule has 1 aliphatic rings. The molecule has 16 heavy (non-hydrogen) atoms. The van der Waals surface area contributed by atoms with Gasteiger partial charge in [0, 0.05) is 5.56 Å². The van der Waals surface area contributed by atoms with E-state index >= 15 is 0 Å². The van der Waals surface area contributed by atoms with E-state index in [0.29, 0.717) is 5.92 Å². The van der Waals surface area contributed by atoms with E-state index in [1.54, 1.807) is 7.11 Å². The molecule has 86 valence electrons. The lowest BCUT2D eigenvalue weighted by atomic mass is 9.80. The van der Waals surface area contributed by atoms with Crippen molar-refractivity contribution in [3.05, 3.63) is 35.4 Å². The van der Waals surface area contributed by atoms with E-state index < -0.39 is 0 Å². The summed E-state index contributed by atoms with van der Waals surface area (Å²) in [6.45, 7) is 4.59. The lowest BCUT2D eigenvalue weighted by molar-refractivity contribution is 0.412. The number of rotatable bonds is 2. The fraction of sp³-hybridized carbons (Fsp3) is 0.467. The second kappa shape index (κ2) is 4.73. The van der Waals surface area contributed by atoms with Gasteiger partial charge in [-0.05, 0) is 43.7 Å². The molecule has 0 saturated carbocycles. The zero-order chi connectivity index (χ0) is 11.5. The number of methoxy groups -OCH3 is 1. The minimum Gasteiger partial charge on any atom is -0.496 e. The summed E-state index contributed by atoms with van der Waals surface area (Å²) in [4.78, 5) is 0. The van der Waals surface area contributed by atoms with Gasteiger partial charge in [0.2, 0.25) is 0 Å². The summed E-state index contributed by atoms with van der Waals surface area (Å²) in [7, 11) is 1.75. The van der Waals surface area contributed by atoms with E-state index in [-0.39, 0.29) is 0 Å². The van der Waals surface area contributed by atoms with Crippen LogP contribution < -0.4 is 4.74 Å². The van der Waals surface area contributed by atoms with E-state index in [4.69, 9.17) is 4.74 Å². The van der Waals surface area contributed by atoms with Crippen molar-refractivity contribution in [3.8, 4) is 5.75 Å². The van der Waals surface area contributed by atoms with Crippen molar-refractivity contribution in [3.63, 3.8) is 0 Å². The Morgan fingerprint density at radius 1 is 1.25 bits per heavy atom. The van der Waals surface area contributed by atoms with Crippen LogP contribution in [-0.2, 0) is 0 Å². The molecule has 1 heteroatoms. The van der Waals surface area contributed by atoms with E-state index in [1.807, 2.05) is 6.07 Å². The molecule has 0 aliphatic heterocycles. The van der Waals surface area contributed by atoms with Crippen LogP contribution in [0.1, 0.15) is 38.7 Å². The highest BCUT2D eigenvalue weighted by Gasteiger charge is 2.20. The highest BCUT2D eigenvalue weighted by molar-refractivity contribution is 5.74. The Morgan fingerprint density at radius 2 is 2.00 bits per heavy atom. The third kappa shape index (κ3) is 1.99. The van der Waals surface area contributed by atoms with Crippen molar-refractivity contribution in [2.45, 2.75) is 33.1 Å². The maximum atomic E-state index is 5.46. The SMILES string of the molecule is COc1ccccc1C1=C(C)CCCC1C. The molecule has 1 aromatic carbocycles. The molecular weight excluding hydrogens is 196 g/mol. The standard InChI is InChI=1S/C15H20O/c1-11-7-6-8-12(2)15(11)13-9-4-5-10-14(13)16-3/h4-5,9-11H,6-8H2,1-3H3. The summed E-state index contributed by atoms with van der Waals surface area (Å²) >= 11 is 0. The largest absolute Gasteiger partial charge is 0.496 e. The highest BCUT2D eigenvalue weighted by Crippen LogP contribution is 2.39. The molecule has 1 nitrogen and oxygen atoms in total. The first kappa shape index (κ1) is 11.3. The van der Waals surface area contributed by atoms with E-state index in [1.165, 1.54) is 36.0 Å². The molecule has 0 bridgehead atoms. The quantitative estimate of drug-likeness (QED) is 0.716. The van der Waals surface area contributed by atoms with Crippen LogP contribution in [0.5, 0.6) is 5.75 Å². The minimum absolute atomic E-state index is 0.657. The number of ether oxygens (including phenoxy) is 1. The molecule has 0 radical (unpaired) electrons. The molecule has 1 unspecified atom stereocenters. The summed E-state index contributed by atoms with van der Waals surface area (Å²) in [6, 6.07) is 8.36. The van der Waals surface area contributed by atoms with Crippen LogP contribution in [0.3, 0.4) is 0 Å². The Hall–Kier alpha value is -1.24. The molecule has 0 amide bonds. The van der Waals surface area contributed by atoms with Crippen LogP contribution in [0, 0.1) is 5.92 Å². The van der Waals surface area contributed by atoms with Gasteiger partial charge < -0.3 is 4.74 Å².